The average molecular weight is 440 g/mol. The van der Waals surface area contributed by atoms with Gasteiger partial charge in [-0.1, -0.05) is 26.0 Å². The Balaban J connectivity index is 1.77. The van der Waals surface area contributed by atoms with E-state index in [2.05, 4.69) is 13.0 Å². The predicted octanol–water partition coefficient (Wildman–Crippen LogP) is 4.71. The molecule has 0 radical (unpaired) electrons. The maximum absolute atomic E-state index is 13.4. The number of amides is 1. The van der Waals surface area contributed by atoms with Crippen molar-refractivity contribution in [2.24, 2.45) is 0 Å². The number of nitrogens with zero attached hydrogens (tertiary/aromatic N) is 1. The maximum atomic E-state index is 13.4. The van der Waals surface area contributed by atoms with Crippen molar-refractivity contribution in [3.8, 4) is 17.2 Å². The number of carbonyl (C=O) groups is 2. The number of benzene rings is 2. The van der Waals surface area contributed by atoms with E-state index >= 15 is 0 Å². The van der Waals surface area contributed by atoms with E-state index in [1.807, 2.05) is 63.8 Å². The van der Waals surface area contributed by atoms with Crippen LogP contribution < -0.4 is 14.2 Å². The third-order valence-corrected chi connectivity index (χ3v) is 6.05. The van der Waals surface area contributed by atoms with E-state index < -0.39 is 5.41 Å². The quantitative estimate of drug-likeness (QED) is 0.529. The number of hydrogen-bond acceptors (Lipinski definition) is 5. The summed E-state index contributed by atoms with van der Waals surface area (Å²) in [6, 6.07) is 9.85. The van der Waals surface area contributed by atoms with Crippen LogP contribution in [0.3, 0.4) is 0 Å². The van der Waals surface area contributed by atoms with Crippen LogP contribution in [-0.4, -0.2) is 36.7 Å². The number of likely N-dealkylation sites (N-methyl/N-ethyl adjacent to an activating group) is 1. The van der Waals surface area contributed by atoms with Gasteiger partial charge in [0.05, 0.1) is 0 Å². The van der Waals surface area contributed by atoms with E-state index in [1.165, 1.54) is 0 Å². The molecule has 1 amide bonds. The molecule has 6 nitrogen and oxygen atoms in total. The van der Waals surface area contributed by atoms with E-state index in [0.29, 0.717) is 25.2 Å². The minimum Gasteiger partial charge on any atom is -0.454 e. The molecular formula is C26H33NO5. The zero-order valence-corrected chi connectivity index (χ0v) is 19.9. The molecule has 6 heteroatoms. The molecule has 1 aliphatic rings. The fraction of sp³-hybridized carbons (Fsp3) is 0.462. The van der Waals surface area contributed by atoms with E-state index in [9.17, 15) is 9.59 Å². The van der Waals surface area contributed by atoms with Crippen LogP contribution in [0.4, 0.5) is 0 Å². The van der Waals surface area contributed by atoms with Gasteiger partial charge in [-0.2, -0.15) is 0 Å². The highest BCUT2D eigenvalue weighted by Crippen LogP contribution is 2.38. The van der Waals surface area contributed by atoms with Crippen molar-refractivity contribution in [3.63, 3.8) is 0 Å². The Morgan fingerprint density at radius 1 is 1.19 bits per heavy atom. The molecular weight excluding hydrogens is 406 g/mol. The molecule has 0 saturated carbocycles. The third kappa shape index (κ3) is 5.06. The van der Waals surface area contributed by atoms with Gasteiger partial charge in [0.25, 0.3) is 6.47 Å². The van der Waals surface area contributed by atoms with Gasteiger partial charge in [0.2, 0.25) is 12.7 Å². The van der Waals surface area contributed by atoms with Crippen molar-refractivity contribution in [1.29, 1.82) is 0 Å². The fourth-order valence-electron chi connectivity index (χ4n) is 4.76. The third-order valence-electron chi connectivity index (χ3n) is 6.05. The summed E-state index contributed by atoms with van der Waals surface area (Å²) in [7, 11) is 0. The van der Waals surface area contributed by atoms with Crippen LogP contribution in [0, 0.1) is 13.8 Å². The summed E-state index contributed by atoms with van der Waals surface area (Å²) >= 11 is 0. The molecule has 1 heterocycles. The first-order valence-corrected chi connectivity index (χ1v) is 11.1. The summed E-state index contributed by atoms with van der Waals surface area (Å²) in [4.78, 5) is 26.4. The smallest absolute Gasteiger partial charge is 0.298 e. The molecule has 2 aromatic rings. The molecule has 3 rings (SSSR count). The summed E-state index contributed by atoms with van der Waals surface area (Å²) in [5, 5.41) is 0. The Morgan fingerprint density at radius 2 is 1.91 bits per heavy atom. The Labute approximate surface area is 190 Å². The molecule has 0 aromatic heterocycles. The van der Waals surface area contributed by atoms with Crippen LogP contribution >= 0.6 is 0 Å². The minimum absolute atomic E-state index is 0.0217. The second kappa shape index (κ2) is 9.63. The van der Waals surface area contributed by atoms with Crippen LogP contribution in [0.5, 0.6) is 17.2 Å². The fourth-order valence-corrected chi connectivity index (χ4v) is 4.76. The Morgan fingerprint density at radius 3 is 2.59 bits per heavy atom. The normalized spacial score (nSPS) is 13.6. The van der Waals surface area contributed by atoms with Crippen molar-refractivity contribution in [1.82, 2.24) is 4.90 Å². The van der Waals surface area contributed by atoms with Crippen LogP contribution in [0.1, 0.15) is 56.4 Å². The molecule has 2 aromatic carbocycles. The van der Waals surface area contributed by atoms with Gasteiger partial charge in [0.1, 0.15) is 5.75 Å². The molecule has 1 aliphatic heterocycles. The van der Waals surface area contributed by atoms with Crippen molar-refractivity contribution in [2.75, 3.05) is 13.3 Å². The van der Waals surface area contributed by atoms with Gasteiger partial charge in [-0.3, -0.25) is 9.59 Å². The number of ether oxygens (including phenoxy) is 3. The monoisotopic (exact) mass is 439 g/mol. The zero-order valence-electron chi connectivity index (χ0n) is 19.9. The summed E-state index contributed by atoms with van der Waals surface area (Å²) in [5.41, 5.74) is 3.51. The van der Waals surface area contributed by atoms with Crippen molar-refractivity contribution < 1.29 is 23.8 Å². The molecule has 32 heavy (non-hydrogen) atoms. The minimum atomic E-state index is -0.501. The number of aryl methyl sites for hydroxylation is 2. The number of hydrogen-bond donors (Lipinski definition) is 0. The van der Waals surface area contributed by atoms with Gasteiger partial charge < -0.3 is 19.1 Å². The summed E-state index contributed by atoms with van der Waals surface area (Å²) in [5.74, 6) is 2.10. The second-order valence-corrected chi connectivity index (χ2v) is 9.15. The molecule has 0 spiro atoms. The zero-order chi connectivity index (χ0) is 23.5. The van der Waals surface area contributed by atoms with Gasteiger partial charge >= 0.3 is 0 Å². The Bertz CT molecular complexity index is 998. The Hall–Kier alpha value is -3.02. The van der Waals surface area contributed by atoms with E-state index in [1.54, 1.807) is 0 Å². The van der Waals surface area contributed by atoms with Crippen LogP contribution in [0.2, 0.25) is 0 Å². The summed E-state index contributed by atoms with van der Waals surface area (Å²) in [6.45, 7) is 13.4. The molecule has 0 N–H and O–H groups in total. The van der Waals surface area contributed by atoms with E-state index in [4.69, 9.17) is 14.2 Å². The topological polar surface area (TPSA) is 65.1 Å². The lowest BCUT2D eigenvalue weighted by atomic mass is 9.77. The lowest BCUT2D eigenvalue weighted by Gasteiger charge is -2.34. The first-order valence-electron chi connectivity index (χ1n) is 11.1. The van der Waals surface area contributed by atoms with Gasteiger partial charge in [-0.15, -0.1) is 0 Å². The average Bonchev–Trinajstić information content (AvgIpc) is 3.15. The van der Waals surface area contributed by atoms with Crippen molar-refractivity contribution in [3.05, 3.63) is 52.6 Å². The van der Waals surface area contributed by atoms with Crippen molar-refractivity contribution >= 4 is 12.4 Å². The van der Waals surface area contributed by atoms with Gasteiger partial charge in [0, 0.05) is 30.0 Å². The number of rotatable bonds is 9. The van der Waals surface area contributed by atoms with Gasteiger partial charge in [0.15, 0.2) is 11.5 Å². The van der Waals surface area contributed by atoms with E-state index in [0.717, 1.165) is 40.2 Å². The lowest BCUT2D eigenvalue weighted by Crippen LogP contribution is -2.42. The molecule has 0 bridgehead atoms. The molecule has 0 fully saturated rings. The van der Waals surface area contributed by atoms with Crippen LogP contribution in [-0.2, 0) is 21.4 Å². The van der Waals surface area contributed by atoms with Crippen molar-refractivity contribution in [2.45, 2.75) is 65.8 Å². The van der Waals surface area contributed by atoms with Gasteiger partial charge in [-0.25, -0.2) is 0 Å². The maximum Gasteiger partial charge on any atom is 0.298 e. The predicted molar refractivity (Wildman–Crippen MR) is 123 cm³/mol. The molecule has 0 aliphatic carbocycles. The Kier molecular flexibility index (Phi) is 7.12. The standard InChI is InChI=1S/C26H33NO5/c1-7-27(19(4)12-20-8-9-21-22(13-20)32-16-31-21)24(29)14-26(5,6)25-18(3)10-17(2)11-23(25)30-15-28/h8-11,13,15,19H,7,12,14,16H2,1-6H3. The first-order chi connectivity index (χ1) is 15.2. The largest absolute Gasteiger partial charge is 0.454 e. The second-order valence-electron chi connectivity index (χ2n) is 9.15. The highest BCUT2D eigenvalue weighted by atomic mass is 16.7. The van der Waals surface area contributed by atoms with E-state index in [-0.39, 0.29) is 18.7 Å². The number of carbonyl (C=O) groups excluding carboxylic acids is 2. The summed E-state index contributed by atoms with van der Waals surface area (Å²) < 4.78 is 16.2. The molecule has 1 unspecified atom stereocenters. The van der Waals surface area contributed by atoms with Crippen LogP contribution in [0.15, 0.2) is 30.3 Å². The highest BCUT2D eigenvalue weighted by Gasteiger charge is 2.32. The molecule has 1 atom stereocenters. The van der Waals surface area contributed by atoms with Crippen LogP contribution in [0.25, 0.3) is 0 Å². The SMILES string of the molecule is CCN(C(=O)CC(C)(C)c1c(C)cc(C)cc1OC=O)C(C)Cc1ccc2c(c1)OCO2. The van der Waals surface area contributed by atoms with Gasteiger partial charge in [-0.05, 0) is 69.0 Å². The summed E-state index contributed by atoms with van der Waals surface area (Å²) in [6.07, 6.45) is 1.03. The number of fused-ring (bicyclic) bond motifs is 1. The molecule has 0 saturated heterocycles. The lowest BCUT2D eigenvalue weighted by molar-refractivity contribution is -0.134. The highest BCUT2D eigenvalue weighted by molar-refractivity contribution is 5.78. The first kappa shape index (κ1) is 23.6. The molecule has 172 valence electrons.